The number of hydrogen-bond acceptors (Lipinski definition) is 4. The Balaban J connectivity index is 1.89. The summed E-state index contributed by atoms with van der Waals surface area (Å²) in [5, 5.41) is 0. The molecule has 0 aromatic heterocycles. The molecule has 0 bridgehead atoms. The Morgan fingerprint density at radius 3 is 2.33 bits per heavy atom. The molecular formula is C16H21BF3NO3. The standard InChI is InChI=1S/C16H21BF3NO3/c1-14(2)15(3,4)24-17(23-14)11-5-6-13-12(9-11)21(7-8-22-13)10-16(18,19)20/h5-6,9H,7-8,10H2,1-4H3. The van der Waals surface area contributed by atoms with E-state index in [-0.39, 0.29) is 13.2 Å². The van der Waals surface area contributed by atoms with Crippen molar-refractivity contribution in [1.82, 2.24) is 0 Å². The fraction of sp³-hybridized carbons (Fsp3) is 0.625. The molecule has 0 aliphatic carbocycles. The van der Waals surface area contributed by atoms with Crippen LogP contribution in [0.15, 0.2) is 18.2 Å². The number of fused-ring (bicyclic) bond motifs is 1. The van der Waals surface area contributed by atoms with Gasteiger partial charge in [0.15, 0.2) is 0 Å². The van der Waals surface area contributed by atoms with E-state index in [4.69, 9.17) is 14.0 Å². The first-order valence-electron chi connectivity index (χ1n) is 7.93. The van der Waals surface area contributed by atoms with E-state index >= 15 is 0 Å². The maximum absolute atomic E-state index is 12.8. The van der Waals surface area contributed by atoms with Crippen molar-refractivity contribution in [2.24, 2.45) is 0 Å². The van der Waals surface area contributed by atoms with Gasteiger partial charge in [-0.2, -0.15) is 13.2 Å². The van der Waals surface area contributed by atoms with E-state index in [0.29, 0.717) is 16.9 Å². The minimum atomic E-state index is -4.27. The summed E-state index contributed by atoms with van der Waals surface area (Å²) in [6, 6.07) is 5.12. The van der Waals surface area contributed by atoms with E-state index in [1.807, 2.05) is 27.7 Å². The fourth-order valence-electron chi connectivity index (χ4n) is 2.80. The van der Waals surface area contributed by atoms with Crippen molar-refractivity contribution in [3.8, 4) is 5.75 Å². The van der Waals surface area contributed by atoms with Crippen LogP contribution in [0.1, 0.15) is 27.7 Å². The van der Waals surface area contributed by atoms with Crippen molar-refractivity contribution in [2.75, 3.05) is 24.6 Å². The zero-order valence-electron chi connectivity index (χ0n) is 14.2. The monoisotopic (exact) mass is 343 g/mol. The Bertz CT molecular complexity index is 617. The summed E-state index contributed by atoms with van der Waals surface area (Å²) in [7, 11) is -0.616. The molecule has 0 N–H and O–H groups in total. The average Bonchev–Trinajstić information content (AvgIpc) is 2.66. The third kappa shape index (κ3) is 3.21. The van der Waals surface area contributed by atoms with Gasteiger partial charge in [0.25, 0.3) is 0 Å². The molecule has 1 aromatic rings. The van der Waals surface area contributed by atoms with Gasteiger partial charge in [0.1, 0.15) is 18.9 Å². The summed E-state index contributed by atoms with van der Waals surface area (Å²) in [5.74, 6) is 0.450. The molecular weight excluding hydrogens is 322 g/mol. The first kappa shape index (κ1) is 17.4. The van der Waals surface area contributed by atoms with Crippen LogP contribution in [0, 0.1) is 0 Å². The van der Waals surface area contributed by atoms with Gasteiger partial charge in [0.05, 0.1) is 23.4 Å². The highest BCUT2D eigenvalue weighted by Gasteiger charge is 2.52. The maximum Gasteiger partial charge on any atom is 0.494 e. The second kappa shape index (κ2) is 5.56. The van der Waals surface area contributed by atoms with Crippen LogP contribution in [0.3, 0.4) is 0 Å². The van der Waals surface area contributed by atoms with E-state index in [1.165, 1.54) is 4.90 Å². The predicted octanol–water partition coefficient (Wildman–Crippen LogP) is 2.75. The van der Waals surface area contributed by atoms with Crippen LogP contribution in [0.5, 0.6) is 5.75 Å². The average molecular weight is 343 g/mol. The third-order valence-electron chi connectivity index (χ3n) is 4.84. The zero-order valence-corrected chi connectivity index (χ0v) is 14.2. The van der Waals surface area contributed by atoms with Crippen LogP contribution < -0.4 is 15.1 Å². The quantitative estimate of drug-likeness (QED) is 0.773. The van der Waals surface area contributed by atoms with Gasteiger partial charge in [0.2, 0.25) is 0 Å². The van der Waals surface area contributed by atoms with Crippen LogP contribution >= 0.6 is 0 Å². The number of rotatable bonds is 2. The largest absolute Gasteiger partial charge is 0.494 e. The number of alkyl halides is 3. The molecule has 1 saturated heterocycles. The van der Waals surface area contributed by atoms with E-state index in [1.54, 1.807) is 18.2 Å². The van der Waals surface area contributed by atoms with Gasteiger partial charge in [-0.15, -0.1) is 0 Å². The van der Waals surface area contributed by atoms with Crippen LogP contribution in [0.2, 0.25) is 0 Å². The minimum Gasteiger partial charge on any atom is -0.490 e. The van der Waals surface area contributed by atoms with Gasteiger partial charge in [-0.05, 0) is 45.3 Å². The van der Waals surface area contributed by atoms with Gasteiger partial charge in [-0.3, -0.25) is 0 Å². The van der Waals surface area contributed by atoms with Crippen molar-refractivity contribution >= 4 is 18.3 Å². The first-order valence-corrected chi connectivity index (χ1v) is 7.93. The second-order valence-electron chi connectivity index (χ2n) is 7.20. The predicted molar refractivity (Wildman–Crippen MR) is 85.9 cm³/mol. The van der Waals surface area contributed by atoms with E-state index < -0.39 is 31.0 Å². The Kier molecular flexibility index (Phi) is 4.03. The molecule has 3 rings (SSSR count). The smallest absolute Gasteiger partial charge is 0.490 e. The highest BCUT2D eigenvalue weighted by Crippen LogP contribution is 2.38. The summed E-state index contributed by atoms with van der Waals surface area (Å²) in [6.07, 6.45) is -4.27. The van der Waals surface area contributed by atoms with Crippen molar-refractivity contribution in [3.63, 3.8) is 0 Å². The molecule has 1 aromatic carbocycles. The van der Waals surface area contributed by atoms with E-state index in [2.05, 4.69) is 0 Å². The summed E-state index contributed by atoms with van der Waals surface area (Å²) >= 11 is 0. The molecule has 4 nitrogen and oxygen atoms in total. The SMILES string of the molecule is CC1(C)OB(c2ccc3c(c2)N(CC(F)(F)F)CCO3)OC1(C)C. The summed E-state index contributed by atoms with van der Waals surface area (Å²) < 4.78 is 55.8. The van der Waals surface area contributed by atoms with Crippen LogP contribution in [-0.4, -0.2) is 44.2 Å². The molecule has 24 heavy (non-hydrogen) atoms. The van der Waals surface area contributed by atoms with Gasteiger partial charge < -0.3 is 18.9 Å². The molecule has 2 aliphatic rings. The highest BCUT2D eigenvalue weighted by atomic mass is 19.4. The molecule has 1 fully saturated rings. The summed E-state index contributed by atoms with van der Waals surface area (Å²) in [6.45, 7) is 7.17. The molecule has 8 heteroatoms. The van der Waals surface area contributed by atoms with Gasteiger partial charge in [0, 0.05) is 0 Å². The maximum atomic E-state index is 12.8. The van der Waals surface area contributed by atoms with Crippen LogP contribution in [-0.2, 0) is 9.31 Å². The second-order valence-corrected chi connectivity index (χ2v) is 7.20. The van der Waals surface area contributed by atoms with E-state index in [9.17, 15) is 13.2 Å². The first-order chi connectivity index (χ1) is 11.0. The number of anilines is 1. The van der Waals surface area contributed by atoms with Crippen molar-refractivity contribution in [3.05, 3.63) is 18.2 Å². The van der Waals surface area contributed by atoms with E-state index in [0.717, 1.165) is 0 Å². The van der Waals surface area contributed by atoms with Crippen molar-refractivity contribution in [2.45, 2.75) is 45.1 Å². The molecule has 0 unspecified atom stereocenters. The molecule has 132 valence electrons. The zero-order chi connectivity index (χ0) is 17.8. The normalized spacial score (nSPS) is 22.3. The molecule has 0 spiro atoms. The Hall–Kier alpha value is -1.41. The lowest BCUT2D eigenvalue weighted by Gasteiger charge is -2.32. The topological polar surface area (TPSA) is 30.9 Å². The molecule has 0 amide bonds. The van der Waals surface area contributed by atoms with Gasteiger partial charge in [-0.1, -0.05) is 6.07 Å². The third-order valence-corrected chi connectivity index (χ3v) is 4.84. The minimum absolute atomic E-state index is 0.194. The van der Waals surface area contributed by atoms with Crippen molar-refractivity contribution in [1.29, 1.82) is 0 Å². The summed E-state index contributed by atoms with van der Waals surface area (Å²) in [4.78, 5) is 1.29. The lowest BCUT2D eigenvalue weighted by atomic mass is 9.78. The number of benzene rings is 1. The Labute approximate surface area is 140 Å². The van der Waals surface area contributed by atoms with Crippen LogP contribution in [0.4, 0.5) is 18.9 Å². The lowest BCUT2D eigenvalue weighted by molar-refractivity contribution is -0.120. The Morgan fingerprint density at radius 1 is 1.12 bits per heavy atom. The van der Waals surface area contributed by atoms with Gasteiger partial charge >= 0.3 is 13.3 Å². The number of nitrogens with zero attached hydrogens (tertiary/aromatic N) is 1. The summed E-state index contributed by atoms with van der Waals surface area (Å²) in [5.41, 5.74) is 0.0988. The fourth-order valence-corrected chi connectivity index (χ4v) is 2.80. The molecule has 0 atom stereocenters. The Morgan fingerprint density at radius 2 is 1.75 bits per heavy atom. The van der Waals surface area contributed by atoms with Crippen molar-refractivity contribution < 1.29 is 27.2 Å². The van der Waals surface area contributed by atoms with Gasteiger partial charge in [-0.25, -0.2) is 0 Å². The van der Waals surface area contributed by atoms with Crippen LogP contribution in [0.25, 0.3) is 0 Å². The number of halogens is 3. The molecule has 2 aliphatic heterocycles. The number of ether oxygens (including phenoxy) is 1. The highest BCUT2D eigenvalue weighted by molar-refractivity contribution is 6.62. The molecule has 0 saturated carbocycles. The lowest BCUT2D eigenvalue weighted by Crippen LogP contribution is -2.41. The number of hydrogen-bond donors (Lipinski definition) is 0. The molecule has 2 heterocycles. The molecule has 0 radical (unpaired) electrons.